The molecule has 0 saturated heterocycles. The van der Waals surface area contributed by atoms with Gasteiger partial charge in [-0.3, -0.25) is 4.79 Å². The molecule has 0 aliphatic heterocycles. The van der Waals surface area contributed by atoms with Gasteiger partial charge in [0.1, 0.15) is 0 Å². The fraction of sp³-hybridized carbons (Fsp3) is 0.381. The van der Waals surface area contributed by atoms with Crippen LogP contribution in [0.2, 0.25) is 0 Å². The highest BCUT2D eigenvalue weighted by Gasteiger charge is 2.39. The van der Waals surface area contributed by atoms with Crippen molar-refractivity contribution >= 4 is 28.5 Å². The fourth-order valence-electron chi connectivity index (χ4n) is 3.50. The van der Waals surface area contributed by atoms with E-state index in [1.807, 2.05) is 22.6 Å². The third kappa shape index (κ3) is 5.73. The highest BCUT2D eigenvalue weighted by molar-refractivity contribution is 14.1. The van der Waals surface area contributed by atoms with Crippen LogP contribution in [0.1, 0.15) is 53.1 Å². The molecule has 1 aliphatic rings. The smallest absolute Gasteiger partial charge is 0.328 e. The predicted molar refractivity (Wildman–Crippen MR) is 118 cm³/mol. The van der Waals surface area contributed by atoms with Gasteiger partial charge in [0, 0.05) is 47.1 Å². The van der Waals surface area contributed by atoms with Gasteiger partial charge >= 0.3 is 12.4 Å². The van der Waals surface area contributed by atoms with E-state index in [4.69, 9.17) is 0 Å². The minimum Gasteiger partial charge on any atom is -0.328 e. The molecule has 1 aliphatic carbocycles. The first-order chi connectivity index (χ1) is 16.3. The van der Waals surface area contributed by atoms with Gasteiger partial charge in [0.2, 0.25) is 3.83 Å². The van der Waals surface area contributed by atoms with Crippen LogP contribution < -0.4 is 0 Å². The molecule has 0 bridgehead atoms. The van der Waals surface area contributed by atoms with Crippen LogP contribution in [-0.2, 0) is 12.4 Å². The van der Waals surface area contributed by atoms with Crippen LogP contribution in [0.4, 0.5) is 26.3 Å². The van der Waals surface area contributed by atoms with Crippen molar-refractivity contribution in [2.24, 2.45) is 5.92 Å². The lowest BCUT2D eigenvalue weighted by atomic mass is 10.0. The van der Waals surface area contributed by atoms with E-state index in [1.165, 1.54) is 22.0 Å². The third-order valence-electron chi connectivity index (χ3n) is 5.44. The van der Waals surface area contributed by atoms with Crippen molar-refractivity contribution in [3.8, 4) is 5.95 Å². The molecule has 3 aromatic rings. The van der Waals surface area contributed by atoms with Crippen molar-refractivity contribution < 1.29 is 31.1 Å². The Bertz CT molecular complexity index is 1190. The molecule has 0 N–H and O–H groups in total. The number of hydrogen-bond acceptors (Lipinski definition) is 5. The number of carbonyl (C=O) groups is 1. The second-order valence-corrected chi connectivity index (χ2v) is 9.04. The normalized spacial score (nSPS) is 15.2. The first-order valence-corrected chi connectivity index (χ1v) is 11.4. The van der Waals surface area contributed by atoms with E-state index >= 15 is 0 Å². The van der Waals surface area contributed by atoms with E-state index in [1.54, 1.807) is 13.0 Å². The van der Waals surface area contributed by atoms with Crippen molar-refractivity contribution in [2.75, 3.05) is 6.54 Å². The Labute approximate surface area is 208 Å². The number of hydrogen-bond donors (Lipinski definition) is 0. The molecular formula is C21H17F6IN6O. The van der Waals surface area contributed by atoms with Crippen molar-refractivity contribution in [1.29, 1.82) is 0 Å². The zero-order valence-corrected chi connectivity index (χ0v) is 20.1. The zero-order chi connectivity index (χ0) is 25.5. The Morgan fingerprint density at radius 2 is 1.66 bits per heavy atom. The Kier molecular flexibility index (Phi) is 6.76. The molecule has 14 heteroatoms. The molecule has 4 rings (SSSR count). The number of amides is 1. The number of rotatable bonds is 6. The summed E-state index contributed by atoms with van der Waals surface area (Å²) in [6, 6.07) is 1.62. The van der Waals surface area contributed by atoms with E-state index in [0.29, 0.717) is 16.0 Å². The summed E-state index contributed by atoms with van der Waals surface area (Å²) < 4.78 is 81.8. The molecule has 1 fully saturated rings. The fourth-order valence-corrected chi connectivity index (χ4v) is 3.96. The van der Waals surface area contributed by atoms with E-state index in [0.717, 1.165) is 12.8 Å². The van der Waals surface area contributed by atoms with Gasteiger partial charge in [-0.25, -0.2) is 15.0 Å². The Hall–Kier alpha value is -2.78. The van der Waals surface area contributed by atoms with Gasteiger partial charge in [-0.2, -0.15) is 31.0 Å². The van der Waals surface area contributed by atoms with Gasteiger partial charge in [-0.1, -0.05) is 0 Å². The highest BCUT2D eigenvalue weighted by atomic mass is 127. The minimum atomic E-state index is -5.07. The standard InChI is InChI=1S/C21H17F6IN6O/c1-11(16-31-18(28)32-34(16)19-29-5-2-6-30-19)33(10-12-3-4-12)17(35)13-7-14(20(22,23)24)9-15(8-13)21(25,26)27/h2,5-9,11-12H,3-4,10H2,1H3. The Morgan fingerprint density at radius 3 is 2.17 bits per heavy atom. The predicted octanol–water partition coefficient (Wildman–Crippen LogP) is 5.31. The van der Waals surface area contributed by atoms with Crippen molar-refractivity contribution in [3.63, 3.8) is 0 Å². The van der Waals surface area contributed by atoms with Crippen LogP contribution in [0.3, 0.4) is 0 Å². The average Bonchev–Trinajstić information content (AvgIpc) is 3.54. The van der Waals surface area contributed by atoms with Gasteiger partial charge < -0.3 is 4.90 Å². The molecule has 2 heterocycles. The lowest BCUT2D eigenvalue weighted by Crippen LogP contribution is -2.37. The maximum absolute atomic E-state index is 13.4. The summed E-state index contributed by atoms with van der Waals surface area (Å²) >= 11 is 1.85. The molecule has 2 aromatic heterocycles. The first kappa shape index (κ1) is 25.3. The number of carbonyl (C=O) groups excluding carboxylic acids is 1. The molecule has 1 aromatic carbocycles. The van der Waals surface area contributed by atoms with Crippen molar-refractivity contribution in [1.82, 2.24) is 29.6 Å². The van der Waals surface area contributed by atoms with Crippen LogP contribution in [0.15, 0.2) is 36.7 Å². The van der Waals surface area contributed by atoms with E-state index in [2.05, 4.69) is 20.1 Å². The molecule has 186 valence electrons. The lowest BCUT2D eigenvalue weighted by Gasteiger charge is -2.29. The van der Waals surface area contributed by atoms with Crippen LogP contribution in [0.25, 0.3) is 5.95 Å². The maximum atomic E-state index is 13.4. The summed E-state index contributed by atoms with van der Waals surface area (Å²) in [6.45, 7) is 1.72. The summed E-state index contributed by atoms with van der Waals surface area (Å²) in [5, 5.41) is 4.24. The van der Waals surface area contributed by atoms with Crippen LogP contribution in [-0.4, -0.2) is 42.1 Å². The van der Waals surface area contributed by atoms with Crippen LogP contribution in [0, 0.1) is 9.75 Å². The largest absolute Gasteiger partial charge is 0.416 e. The molecule has 7 nitrogen and oxygen atoms in total. The topological polar surface area (TPSA) is 76.8 Å². The van der Waals surface area contributed by atoms with Crippen molar-refractivity contribution in [3.05, 3.63) is 63.0 Å². The van der Waals surface area contributed by atoms with Crippen LogP contribution >= 0.6 is 22.6 Å². The van der Waals surface area contributed by atoms with Gasteiger partial charge in [-0.15, -0.1) is 5.10 Å². The van der Waals surface area contributed by atoms with E-state index in [9.17, 15) is 31.1 Å². The first-order valence-electron chi connectivity index (χ1n) is 10.3. The number of nitrogens with zero attached hydrogens (tertiary/aromatic N) is 6. The molecular weight excluding hydrogens is 593 g/mol. The zero-order valence-electron chi connectivity index (χ0n) is 18.0. The average molecular weight is 610 g/mol. The van der Waals surface area contributed by atoms with Crippen LogP contribution in [0.5, 0.6) is 0 Å². The summed E-state index contributed by atoms with van der Waals surface area (Å²) in [5.41, 5.74) is -3.81. The lowest BCUT2D eigenvalue weighted by molar-refractivity contribution is -0.143. The van der Waals surface area contributed by atoms with E-state index in [-0.39, 0.29) is 30.3 Å². The number of aromatic nitrogens is 5. The van der Waals surface area contributed by atoms with E-state index < -0.39 is 41.0 Å². The molecule has 1 unspecified atom stereocenters. The number of halogens is 7. The molecule has 1 atom stereocenters. The second-order valence-electron chi connectivity index (χ2n) is 8.07. The Morgan fingerprint density at radius 1 is 1.09 bits per heavy atom. The van der Waals surface area contributed by atoms with Crippen molar-refractivity contribution in [2.45, 2.75) is 38.2 Å². The minimum absolute atomic E-state index is 0.00281. The van der Waals surface area contributed by atoms with Gasteiger partial charge in [0.05, 0.1) is 17.2 Å². The SMILES string of the molecule is CC(c1nc(I)nn1-c1ncccn1)N(CC1CC1)C(=O)c1cc(C(F)(F)F)cc(C(F)(F)F)c1. The molecule has 1 saturated carbocycles. The molecule has 1 amide bonds. The second kappa shape index (κ2) is 9.35. The molecule has 0 spiro atoms. The summed E-state index contributed by atoms with van der Waals surface area (Å²) in [4.78, 5) is 27.2. The number of benzene rings is 1. The summed E-state index contributed by atoms with van der Waals surface area (Å²) in [6.07, 6.45) is -5.61. The summed E-state index contributed by atoms with van der Waals surface area (Å²) in [7, 11) is 0. The third-order valence-corrected chi connectivity index (χ3v) is 5.89. The molecule has 0 radical (unpaired) electrons. The summed E-state index contributed by atoms with van der Waals surface area (Å²) in [5.74, 6) is -0.517. The highest BCUT2D eigenvalue weighted by Crippen LogP contribution is 2.38. The maximum Gasteiger partial charge on any atom is 0.416 e. The number of alkyl halides is 6. The quantitative estimate of drug-likeness (QED) is 0.280. The monoisotopic (exact) mass is 610 g/mol. The Balaban J connectivity index is 1.77. The van der Waals surface area contributed by atoms with Gasteiger partial charge in [-0.05, 0) is 49.9 Å². The van der Waals surface area contributed by atoms with Gasteiger partial charge in [0.25, 0.3) is 11.9 Å². The molecule has 35 heavy (non-hydrogen) atoms. The van der Waals surface area contributed by atoms with Gasteiger partial charge in [0.15, 0.2) is 5.82 Å².